The Labute approximate surface area is 147 Å². The molecular formula is C19H23ClN2O2. The van der Waals surface area contributed by atoms with Crippen LogP contribution in [0.4, 0.5) is 0 Å². The van der Waals surface area contributed by atoms with Gasteiger partial charge in [0, 0.05) is 29.6 Å². The first-order valence-corrected chi connectivity index (χ1v) is 8.88. The summed E-state index contributed by atoms with van der Waals surface area (Å²) in [7, 11) is 0. The number of hydrogen-bond donors (Lipinski definition) is 0. The average Bonchev–Trinajstić information content (AvgIpc) is 3.15. The van der Waals surface area contributed by atoms with Gasteiger partial charge in [-0.05, 0) is 51.2 Å². The van der Waals surface area contributed by atoms with Crippen LogP contribution in [0.5, 0.6) is 0 Å². The molecular weight excluding hydrogens is 324 g/mol. The van der Waals surface area contributed by atoms with Crippen molar-refractivity contribution in [3.63, 3.8) is 0 Å². The molecule has 1 aromatic heterocycles. The summed E-state index contributed by atoms with van der Waals surface area (Å²) in [5.41, 5.74) is 3.06. The molecule has 1 aliphatic rings. The highest BCUT2D eigenvalue weighted by molar-refractivity contribution is 6.31. The maximum atomic E-state index is 12.7. The van der Waals surface area contributed by atoms with Crippen molar-refractivity contribution in [2.24, 2.45) is 0 Å². The predicted molar refractivity (Wildman–Crippen MR) is 94.2 cm³/mol. The molecule has 1 atom stereocenters. The van der Waals surface area contributed by atoms with Gasteiger partial charge >= 0.3 is 0 Å². The lowest BCUT2D eigenvalue weighted by Gasteiger charge is -2.25. The summed E-state index contributed by atoms with van der Waals surface area (Å²) >= 11 is 6.27. The van der Waals surface area contributed by atoms with Crippen LogP contribution in [0.1, 0.15) is 41.8 Å². The number of nitrogens with zero attached hydrogens (tertiary/aromatic N) is 2. The van der Waals surface area contributed by atoms with E-state index in [-0.39, 0.29) is 11.9 Å². The zero-order valence-corrected chi connectivity index (χ0v) is 15.0. The van der Waals surface area contributed by atoms with Gasteiger partial charge < -0.3 is 9.42 Å². The summed E-state index contributed by atoms with van der Waals surface area (Å²) in [5.74, 6) is 1.03. The fourth-order valence-corrected chi connectivity index (χ4v) is 3.74. The van der Waals surface area contributed by atoms with E-state index in [0.717, 1.165) is 53.4 Å². The first-order valence-electron chi connectivity index (χ1n) is 8.51. The van der Waals surface area contributed by atoms with Crippen LogP contribution in [0, 0.1) is 13.8 Å². The van der Waals surface area contributed by atoms with Gasteiger partial charge in [-0.3, -0.25) is 4.79 Å². The molecule has 2 heterocycles. The van der Waals surface area contributed by atoms with Gasteiger partial charge in [0.2, 0.25) is 5.91 Å². The maximum absolute atomic E-state index is 12.7. The summed E-state index contributed by atoms with van der Waals surface area (Å²) in [6.45, 7) is 4.66. The number of carbonyl (C=O) groups excluding carboxylic acids is 1. The van der Waals surface area contributed by atoms with Crippen LogP contribution in [-0.2, 0) is 17.6 Å². The monoisotopic (exact) mass is 346 g/mol. The minimum atomic E-state index is 0.213. The minimum absolute atomic E-state index is 0.213. The molecule has 1 aromatic carbocycles. The van der Waals surface area contributed by atoms with Crippen molar-refractivity contribution in [3.8, 4) is 0 Å². The molecule has 0 aliphatic carbocycles. The predicted octanol–water partition coefficient (Wildman–Crippen LogP) is 4.11. The van der Waals surface area contributed by atoms with Crippen molar-refractivity contribution in [1.29, 1.82) is 0 Å². The molecule has 4 nitrogen and oxygen atoms in total. The topological polar surface area (TPSA) is 46.3 Å². The van der Waals surface area contributed by atoms with Crippen LogP contribution < -0.4 is 0 Å². The van der Waals surface area contributed by atoms with E-state index < -0.39 is 0 Å². The van der Waals surface area contributed by atoms with Crippen LogP contribution in [0.25, 0.3) is 0 Å². The van der Waals surface area contributed by atoms with E-state index in [4.69, 9.17) is 16.1 Å². The Morgan fingerprint density at radius 2 is 2.17 bits per heavy atom. The largest absolute Gasteiger partial charge is 0.361 e. The second-order valence-corrected chi connectivity index (χ2v) is 6.89. The minimum Gasteiger partial charge on any atom is -0.361 e. The average molecular weight is 347 g/mol. The van der Waals surface area contributed by atoms with E-state index in [1.54, 1.807) is 0 Å². The third-order valence-electron chi connectivity index (χ3n) is 4.88. The number of amides is 1. The number of likely N-dealkylation sites (tertiary alicyclic amines) is 1. The number of hydrogen-bond acceptors (Lipinski definition) is 3. The lowest BCUT2D eigenvalue weighted by molar-refractivity contribution is -0.131. The Morgan fingerprint density at radius 3 is 2.88 bits per heavy atom. The van der Waals surface area contributed by atoms with Gasteiger partial charge in [0.05, 0.1) is 5.69 Å². The van der Waals surface area contributed by atoms with E-state index in [1.807, 2.05) is 43.0 Å². The van der Waals surface area contributed by atoms with E-state index >= 15 is 0 Å². The molecule has 1 fully saturated rings. The second-order valence-electron chi connectivity index (χ2n) is 6.48. The fraction of sp³-hybridized carbons (Fsp3) is 0.474. The zero-order valence-electron chi connectivity index (χ0n) is 14.2. The highest BCUT2D eigenvalue weighted by Gasteiger charge is 2.29. The first-order chi connectivity index (χ1) is 11.6. The molecule has 1 aliphatic heterocycles. The molecule has 128 valence electrons. The van der Waals surface area contributed by atoms with Crippen LogP contribution in [0.3, 0.4) is 0 Å². The summed E-state index contributed by atoms with van der Waals surface area (Å²) in [6, 6.07) is 8.15. The van der Waals surface area contributed by atoms with Crippen molar-refractivity contribution in [3.05, 3.63) is 51.9 Å². The molecule has 0 saturated carbocycles. The molecule has 0 spiro atoms. The highest BCUT2D eigenvalue weighted by atomic mass is 35.5. The third kappa shape index (κ3) is 3.64. The Kier molecular flexibility index (Phi) is 5.24. The van der Waals surface area contributed by atoms with Gasteiger partial charge in [0.1, 0.15) is 5.76 Å². The van der Waals surface area contributed by atoms with Crippen molar-refractivity contribution in [2.75, 3.05) is 6.54 Å². The number of benzene rings is 1. The van der Waals surface area contributed by atoms with Gasteiger partial charge in [0.25, 0.3) is 0 Å². The second kappa shape index (κ2) is 7.39. The highest BCUT2D eigenvalue weighted by Crippen LogP contribution is 2.26. The number of aryl methyl sites for hydroxylation is 2. The SMILES string of the molecule is Cc1noc(C)c1CCC(=O)N1CCC[C@@H]1Cc1ccccc1Cl. The summed E-state index contributed by atoms with van der Waals surface area (Å²) in [6.07, 6.45) is 4.13. The fourth-order valence-electron chi connectivity index (χ4n) is 3.53. The molecule has 1 amide bonds. The van der Waals surface area contributed by atoms with Gasteiger partial charge in [0.15, 0.2) is 0 Å². The Hall–Kier alpha value is -1.81. The summed E-state index contributed by atoms with van der Waals surface area (Å²) in [4.78, 5) is 14.7. The van der Waals surface area contributed by atoms with Crippen molar-refractivity contribution < 1.29 is 9.32 Å². The third-order valence-corrected chi connectivity index (χ3v) is 5.25. The first kappa shape index (κ1) is 17.0. The van der Waals surface area contributed by atoms with E-state index in [0.29, 0.717) is 12.8 Å². The van der Waals surface area contributed by atoms with Gasteiger partial charge in [-0.15, -0.1) is 0 Å². The lowest BCUT2D eigenvalue weighted by Crippen LogP contribution is -2.37. The summed E-state index contributed by atoms with van der Waals surface area (Å²) in [5, 5.41) is 4.74. The molecule has 3 rings (SSSR count). The molecule has 2 aromatic rings. The molecule has 24 heavy (non-hydrogen) atoms. The van der Waals surface area contributed by atoms with Crippen LogP contribution >= 0.6 is 11.6 Å². The van der Waals surface area contributed by atoms with E-state index in [1.165, 1.54) is 0 Å². The van der Waals surface area contributed by atoms with Gasteiger partial charge in [-0.25, -0.2) is 0 Å². The number of rotatable bonds is 5. The van der Waals surface area contributed by atoms with Crippen LogP contribution in [0.2, 0.25) is 5.02 Å². The normalized spacial score (nSPS) is 17.5. The molecule has 1 saturated heterocycles. The summed E-state index contributed by atoms with van der Waals surface area (Å²) < 4.78 is 5.18. The van der Waals surface area contributed by atoms with Crippen molar-refractivity contribution in [1.82, 2.24) is 10.1 Å². The Morgan fingerprint density at radius 1 is 1.38 bits per heavy atom. The smallest absolute Gasteiger partial charge is 0.223 e. The van der Waals surface area contributed by atoms with E-state index in [9.17, 15) is 4.79 Å². The molecule has 0 radical (unpaired) electrons. The van der Waals surface area contributed by atoms with Gasteiger partial charge in [-0.2, -0.15) is 0 Å². The van der Waals surface area contributed by atoms with Crippen molar-refractivity contribution >= 4 is 17.5 Å². The lowest BCUT2D eigenvalue weighted by atomic mass is 10.0. The van der Waals surface area contributed by atoms with E-state index in [2.05, 4.69) is 5.16 Å². The maximum Gasteiger partial charge on any atom is 0.223 e. The molecule has 5 heteroatoms. The Balaban J connectivity index is 1.62. The van der Waals surface area contributed by atoms with Crippen LogP contribution in [0.15, 0.2) is 28.8 Å². The van der Waals surface area contributed by atoms with Crippen molar-refractivity contribution in [2.45, 2.75) is 52.0 Å². The number of carbonyl (C=O) groups is 1. The number of aromatic nitrogens is 1. The van der Waals surface area contributed by atoms with Gasteiger partial charge in [-0.1, -0.05) is 35.0 Å². The molecule has 0 N–H and O–H groups in total. The van der Waals surface area contributed by atoms with Crippen LogP contribution in [-0.4, -0.2) is 28.6 Å². The Bertz CT molecular complexity index is 706. The molecule has 0 unspecified atom stereocenters. The standard InChI is InChI=1S/C19H23ClN2O2/c1-13-17(14(2)24-21-13)9-10-19(23)22-11-5-7-16(22)12-15-6-3-4-8-18(15)20/h3-4,6,8,16H,5,7,9-12H2,1-2H3/t16-/m1/s1. The number of halogens is 1. The molecule has 0 bridgehead atoms. The quantitative estimate of drug-likeness (QED) is 0.818. The zero-order chi connectivity index (χ0) is 17.1.